The van der Waals surface area contributed by atoms with E-state index in [1.807, 2.05) is 18.2 Å². The number of benzene rings is 2. The zero-order valence-corrected chi connectivity index (χ0v) is 19.1. The minimum absolute atomic E-state index is 0.167. The predicted molar refractivity (Wildman–Crippen MR) is 126 cm³/mol. The first-order valence-electron chi connectivity index (χ1n) is 10.9. The van der Waals surface area contributed by atoms with Gasteiger partial charge in [-0.05, 0) is 87.2 Å². The third kappa shape index (κ3) is 5.46. The Labute approximate surface area is 191 Å². The molecule has 6 nitrogen and oxygen atoms in total. The molecule has 1 atom stereocenters. The standard InChI is InChI=1S/C24H28BrN3O3/c25-20-8-5-18(6-9-20)23(29)26-21-14-19(24(30)31)7-10-22(21)28-13-3-4-17(16-28)15-27-11-1-2-12-27/h5-10,14,17H,1-4,11-13,15-16H2,(H,26,29)(H,30,31)/t17-/m1/s1. The minimum atomic E-state index is -1.00. The number of hydrogen-bond acceptors (Lipinski definition) is 4. The summed E-state index contributed by atoms with van der Waals surface area (Å²) in [5.41, 5.74) is 2.14. The van der Waals surface area contributed by atoms with Crippen molar-refractivity contribution in [3.8, 4) is 0 Å². The number of hydrogen-bond donors (Lipinski definition) is 2. The zero-order valence-electron chi connectivity index (χ0n) is 17.5. The van der Waals surface area contributed by atoms with Gasteiger partial charge in [0.05, 0.1) is 16.9 Å². The van der Waals surface area contributed by atoms with Crippen molar-refractivity contribution in [1.29, 1.82) is 0 Å². The van der Waals surface area contributed by atoms with Gasteiger partial charge in [0.2, 0.25) is 0 Å². The predicted octanol–water partition coefficient (Wildman–Crippen LogP) is 4.71. The average molecular weight is 486 g/mol. The number of rotatable bonds is 6. The highest BCUT2D eigenvalue weighted by atomic mass is 79.9. The molecule has 2 N–H and O–H groups in total. The summed E-state index contributed by atoms with van der Waals surface area (Å²) >= 11 is 3.38. The van der Waals surface area contributed by atoms with Crippen molar-refractivity contribution in [2.45, 2.75) is 25.7 Å². The average Bonchev–Trinajstić information content (AvgIpc) is 3.27. The number of likely N-dealkylation sites (tertiary alicyclic amines) is 1. The van der Waals surface area contributed by atoms with E-state index in [4.69, 9.17) is 0 Å². The highest BCUT2D eigenvalue weighted by Crippen LogP contribution is 2.32. The molecule has 0 aromatic heterocycles. The van der Waals surface area contributed by atoms with E-state index >= 15 is 0 Å². The van der Waals surface area contributed by atoms with E-state index in [1.54, 1.807) is 24.3 Å². The van der Waals surface area contributed by atoms with Crippen LogP contribution in [0.15, 0.2) is 46.9 Å². The van der Waals surface area contributed by atoms with E-state index in [0.717, 1.165) is 36.2 Å². The largest absolute Gasteiger partial charge is 0.478 e. The Kier molecular flexibility index (Phi) is 6.92. The van der Waals surface area contributed by atoms with Crippen molar-refractivity contribution in [1.82, 2.24) is 4.90 Å². The fourth-order valence-corrected chi connectivity index (χ4v) is 4.87. The van der Waals surface area contributed by atoms with Crippen LogP contribution in [-0.4, -0.2) is 54.6 Å². The Morgan fingerprint density at radius 3 is 2.42 bits per heavy atom. The molecule has 7 heteroatoms. The summed E-state index contributed by atoms with van der Waals surface area (Å²) in [5.74, 6) is -0.667. The van der Waals surface area contributed by atoms with Crippen molar-refractivity contribution in [3.63, 3.8) is 0 Å². The Hall–Kier alpha value is -2.38. The van der Waals surface area contributed by atoms with Gasteiger partial charge in [-0.15, -0.1) is 0 Å². The zero-order chi connectivity index (χ0) is 21.8. The number of carboxylic acid groups (broad SMARTS) is 1. The number of piperidine rings is 1. The summed E-state index contributed by atoms with van der Waals surface area (Å²) in [7, 11) is 0. The lowest BCUT2D eigenvalue weighted by Gasteiger charge is -2.37. The molecule has 164 valence electrons. The fourth-order valence-electron chi connectivity index (χ4n) is 4.60. The molecule has 2 saturated heterocycles. The lowest BCUT2D eigenvalue weighted by molar-refractivity contribution is 0.0696. The van der Waals surface area contributed by atoms with E-state index < -0.39 is 5.97 Å². The molecule has 2 fully saturated rings. The molecule has 0 unspecified atom stereocenters. The van der Waals surface area contributed by atoms with Gasteiger partial charge < -0.3 is 20.2 Å². The molecule has 0 bridgehead atoms. The van der Waals surface area contributed by atoms with Crippen LogP contribution in [0.3, 0.4) is 0 Å². The second kappa shape index (κ2) is 9.83. The number of carbonyl (C=O) groups excluding carboxylic acids is 1. The lowest BCUT2D eigenvalue weighted by Crippen LogP contribution is -2.40. The molecule has 0 spiro atoms. The molecule has 2 aliphatic rings. The Bertz CT molecular complexity index is 942. The summed E-state index contributed by atoms with van der Waals surface area (Å²) in [6, 6.07) is 12.1. The van der Waals surface area contributed by atoms with Gasteiger partial charge in [0.15, 0.2) is 0 Å². The van der Waals surface area contributed by atoms with Gasteiger partial charge in [0.25, 0.3) is 5.91 Å². The number of amides is 1. The number of anilines is 2. The molecular weight excluding hydrogens is 458 g/mol. The molecule has 2 aromatic carbocycles. The van der Waals surface area contributed by atoms with Gasteiger partial charge in [0.1, 0.15) is 0 Å². The van der Waals surface area contributed by atoms with Gasteiger partial charge >= 0.3 is 5.97 Å². The Morgan fingerprint density at radius 1 is 1.00 bits per heavy atom. The SMILES string of the molecule is O=C(O)c1ccc(N2CCC[C@H](CN3CCCC3)C2)c(NC(=O)c2ccc(Br)cc2)c1. The number of halogens is 1. The highest BCUT2D eigenvalue weighted by molar-refractivity contribution is 9.10. The molecule has 0 radical (unpaired) electrons. The summed E-state index contributed by atoms with van der Waals surface area (Å²) in [5, 5.41) is 12.4. The summed E-state index contributed by atoms with van der Waals surface area (Å²) in [6.45, 7) is 5.33. The van der Waals surface area contributed by atoms with Crippen molar-refractivity contribution in [2.75, 3.05) is 42.9 Å². The number of aromatic carboxylic acids is 1. The molecule has 0 saturated carbocycles. The number of carbonyl (C=O) groups is 2. The molecule has 1 amide bonds. The van der Waals surface area contributed by atoms with Crippen LogP contribution in [0.25, 0.3) is 0 Å². The first kappa shape index (κ1) is 21.8. The smallest absolute Gasteiger partial charge is 0.335 e. The summed E-state index contributed by atoms with van der Waals surface area (Å²) in [6.07, 6.45) is 4.89. The highest BCUT2D eigenvalue weighted by Gasteiger charge is 2.25. The van der Waals surface area contributed by atoms with Crippen LogP contribution < -0.4 is 10.2 Å². The van der Waals surface area contributed by atoms with Crippen LogP contribution in [0.4, 0.5) is 11.4 Å². The Balaban J connectivity index is 1.55. The molecule has 2 aromatic rings. The fraction of sp³-hybridized carbons (Fsp3) is 0.417. The van der Waals surface area contributed by atoms with Crippen molar-refractivity contribution < 1.29 is 14.7 Å². The first-order chi connectivity index (χ1) is 15.0. The van der Waals surface area contributed by atoms with Crippen LogP contribution >= 0.6 is 15.9 Å². The van der Waals surface area contributed by atoms with Crippen LogP contribution in [0.1, 0.15) is 46.4 Å². The number of nitrogens with one attached hydrogen (secondary N) is 1. The molecule has 4 rings (SSSR count). The van der Waals surface area contributed by atoms with E-state index in [9.17, 15) is 14.7 Å². The maximum Gasteiger partial charge on any atom is 0.335 e. The maximum absolute atomic E-state index is 12.8. The second-order valence-corrected chi connectivity index (χ2v) is 9.38. The van der Waals surface area contributed by atoms with Crippen LogP contribution in [0, 0.1) is 5.92 Å². The van der Waals surface area contributed by atoms with Crippen LogP contribution in [0.5, 0.6) is 0 Å². The monoisotopic (exact) mass is 485 g/mol. The normalized spacial score (nSPS) is 19.4. The van der Waals surface area contributed by atoms with Gasteiger partial charge in [-0.3, -0.25) is 4.79 Å². The second-order valence-electron chi connectivity index (χ2n) is 8.46. The first-order valence-corrected chi connectivity index (χ1v) is 11.7. The van der Waals surface area contributed by atoms with Crippen LogP contribution in [0.2, 0.25) is 0 Å². The van der Waals surface area contributed by atoms with Gasteiger partial charge in [0, 0.05) is 29.7 Å². The van der Waals surface area contributed by atoms with Gasteiger partial charge in [-0.2, -0.15) is 0 Å². The number of nitrogens with zero attached hydrogens (tertiary/aromatic N) is 2. The summed E-state index contributed by atoms with van der Waals surface area (Å²) in [4.78, 5) is 29.2. The van der Waals surface area contributed by atoms with Crippen LogP contribution in [-0.2, 0) is 0 Å². The molecule has 31 heavy (non-hydrogen) atoms. The van der Waals surface area contributed by atoms with Crippen molar-refractivity contribution >= 4 is 39.2 Å². The van der Waals surface area contributed by atoms with Gasteiger partial charge in [-0.25, -0.2) is 4.79 Å². The van der Waals surface area contributed by atoms with E-state index in [2.05, 4.69) is 31.0 Å². The van der Waals surface area contributed by atoms with Gasteiger partial charge in [-0.1, -0.05) is 15.9 Å². The van der Waals surface area contributed by atoms with Crippen molar-refractivity contribution in [2.24, 2.45) is 5.92 Å². The Morgan fingerprint density at radius 2 is 1.71 bits per heavy atom. The summed E-state index contributed by atoms with van der Waals surface area (Å²) < 4.78 is 0.898. The third-order valence-corrected chi connectivity index (χ3v) is 6.70. The molecule has 2 heterocycles. The maximum atomic E-state index is 12.8. The van der Waals surface area contributed by atoms with E-state index in [-0.39, 0.29) is 11.5 Å². The quantitative estimate of drug-likeness (QED) is 0.619. The topological polar surface area (TPSA) is 72.9 Å². The molecule has 0 aliphatic carbocycles. The van der Waals surface area contributed by atoms with E-state index in [0.29, 0.717) is 17.2 Å². The third-order valence-electron chi connectivity index (χ3n) is 6.17. The molecule has 2 aliphatic heterocycles. The van der Waals surface area contributed by atoms with E-state index in [1.165, 1.54) is 32.4 Å². The lowest BCUT2D eigenvalue weighted by atomic mass is 9.96. The molecular formula is C24H28BrN3O3. The van der Waals surface area contributed by atoms with Crippen molar-refractivity contribution in [3.05, 3.63) is 58.1 Å². The number of carboxylic acids is 1. The minimum Gasteiger partial charge on any atom is -0.478 e.